The number of oxime groups is 1. The lowest BCUT2D eigenvalue weighted by atomic mass is 9.83. The smallest absolute Gasteiger partial charge is 0.247 e. The van der Waals surface area contributed by atoms with Crippen molar-refractivity contribution in [2.75, 3.05) is 12.5 Å². The van der Waals surface area contributed by atoms with E-state index in [4.69, 9.17) is 29.5 Å². The maximum atomic E-state index is 13.1. The van der Waals surface area contributed by atoms with Crippen LogP contribution in [0, 0.1) is 5.82 Å². The van der Waals surface area contributed by atoms with Gasteiger partial charge in [0.05, 0.1) is 23.5 Å². The van der Waals surface area contributed by atoms with Gasteiger partial charge < -0.3 is 55.3 Å². The average molecular weight is 618 g/mol. The summed E-state index contributed by atoms with van der Waals surface area (Å²) in [6.45, 7) is 3.19. The van der Waals surface area contributed by atoms with Gasteiger partial charge in [0.1, 0.15) is 61.6 Å². The van der Waals surface area contributed by atoms with Crippen LogP contribution in [0.4, 0.5) is 10.1 Å². The van der Waals surface area contributed by atoms with E-state index >= 15 is 0 Å². The van der Waals surface area contributed by atoms with Crippen LogP contribution in [0.15, 0.2) is 53.2 Å². The summed E-state index contributed by atoms with van der Waals surface area (Å²) in [4.78, 5) is 18.2. The second-order valence-electron chi connectivity index (χ2n) is 11.0. The summed E-state index contributed by atoms with van der Waals surface area (Å²) in [5, 5.41) is 48.5. The Hall–Kier alpha value is -3.63. The summed E-state index contributed by atoms with van der Waals surface area (Å²) < 4.78 is 35.3. The molecule has 7 N–H and O–H groups in total. The quantitative estimate of drug-likeness (QED) is 0.0997. The largest absolute Gasteiger partial charge is 0.463 e. The van der Waals surface area contributed by atoms with Gasteiger partial charge in [0.25, 0.3) is 0 Å². The SMILES string of the molecule is C/C(=C\c1ccc(O[C@H]2C[C@H](O)[C@@H](/C(C)=N/OCc3ccc(F)cc3)O2)c(N)c1)C(=O)N[C@@H]1[C@H](O)[C@@H](O)[C@H]2OCO[C@H]2[C@@H]1O. The lowest BCUT2D eigenvalue weighted by molar-refractivity contribution is -0.155. The van der Waals surface area contributed by atoms with Gasteiger partial charge in [0.2, 0.25) is 12.2 Å². The molecule has 0 unspecified atom stereocenters. The van der Waals surface area contributed by atoms with Crippen molar-refractivity contribution >= 4 is 23.4 Å². The first-order valence-electron chi connectivity index (χ1n) is 14.1. The summed E-state index contributed by atoms with van der Waals surface area (Å²) in [6, 6.07) is 9.51. The van der Waals surface area contributed by atoms with Crippen LogP contribution >= 0.6 is 0 Å². The number of fused-ring (bicyclic) bond motifs is 1. The number of carbonyl (C=O) groups is 1. The molecule has 1 saturated carbocycles. The summed E-state index contributed by atoms with van der Waals surface area (Å²) in [5.41, 5.74) is 8.42. The van der Waals surface area contributed by atoms with Crippen molar-refractivity contribution in [3.05, 3.63) is 65.0 Å². The number of aliphatic hydroxyl groups is 4. The molecule has 2 aromatic rings. The number of benzene rings is 2. The Morgan fingerprint density at radius 2 is 1.77 bits per heavy atom. The van der Waals surface area contributed by atoms with E-state index in [0.29, 0.717) is 17.0 Å². The van der Waals surface area contributed by atoms with Crippen molar-refractivity contribution < 1.29 is 53.4 Å². The maximum absolute atomic E-state index is 13.1. The standard InChI is InChI=1S/C30H36FN3O10/c1-14(30(39)33-23-24(36)26(38)29-28(25(23)37)40-13-41-29)9-17-5-8-21(19(32)10-17)43-22-11-20(35)27(44-22)15(2)34-42-12-16-3-6-18(31)7-4-16/h3-10,20,22-29,35-38H,11-13,32H2,1-2H3,(H,33,39)/b14-9+,34-15+/t20-,22+,23+,24-,25+,26+,27+,28-,29+/m0/s1. The predicted molar refractivity (Wildman–Crippen MR) is 153 cm³/mol. The Balaban J connectivity index is 1.15. The zero-order valence-corrected chi connectivity index (χ0v) is 24.1. The van der Waals surface area contributed by atoms with E-state index in [0.717, 1.165) is 5.56 Å². The number of ether oxygens (including phenoxy) is 4. The fourth-order valence-corrected chi connectivity index (χ4v) is 5.37. The highest BCUT2D eigenvalue weighted by molar-refractivity contribution is 5.97. The van der Waals surface area contributed by atoms with Crippen molar-refractivity contribution in [1.29, 1.82) is 0 Å². The molecule has 0 aromatic heterocycles. The van der Waals surface area contributed by atoms with Crippen molar-refractivity contribution in [3.63, 3.8) is 0 Å². The van der Waals surface area contributed by atoms with Gasteiger partial charge in [0.15, 0.2) is 0 Å². The molecule has 5 rings (SSSR count). The van der Waals surface area contributed by atoms with Crippen molar-refractivity contribution in [3.8, 4) is 5.75 Å². The van der Waals surface area contributed by atoms with E-state index in [1.807, 2.05) is 0 Å². The summed E-state index contributed by atoms with van der Waals surface area (Å²) in [6.07, 6.45) is -6.62. The number of halogens is 1. The highest BCUT2D eigenvalue weighted by atomic mass is 19.1. The molecule has 2 heterocycles. The molecule has 0 bridgehead atoms. The summed E-state index contributed by atoms with van der Waals surface area (Å²) in [5.74, 6) is -0.615. The van der Waals surface area contributed by atoms with Crippen LogP contribution in [0.5, 0.6) is 5.75 Å². The molecule has 44 heavy (non-hydrogen) atoms. The zero-order chi connectivity index (χ0) is 31.5. The van der Waals surface area contributed by atoms with Crippen LogP contribution in [0.2, 0.25) is 0 Å². The fourth-order valence-electron chi connectivity index (χ4n) is 5.37. The number of rotatable bonds is 9. The van der Waals surface area contributed by atoms with Crippen LogP contribution in [0.25, 0.3) is 6.08 Å². The number of nitrogens with one attached hydrogen (secondary N) is 1. The third-order valence-electron chi connectivity index (χ3n) is 7.78. The van der Waals surface area contributed by atoms with Crippen LogP contribution in [0.3, 0.4) is 0 Å². The van der Waals surface area contributed by atoms with Crippen LogP contribution in [0.1, 0.15) is 31.4 Å². The zero-order valence-electron chi connectivity index (χ0n) is 24.1. The molecule has 2 saturated heterocycles. The highest BCUT2D eigenvalue weighted by Crippen LogP contribution is 2.31. The molecule has 2 aromatic carbocycles. The van der Waals surface area contributed by atoms with E-state index in [1.165, 1.54) is 12.1 Å². The van der Waals surface area contributed by atoms with Gasteiger partial charge in [-0.25, -0.2) is 4.39 Å². The lowest BCUT2D eigenvalue weighted by Crippen LogP contribution is -2.67. The predicted octanol–water partition coefficient (Wildman–Crippen LogP) is 0.581. The molecule has 2 aliphatic heterocycles. The Bertz CT molecular complexity index is 1390. The minimum Gasteiger partial charge on any atom is -0.463 e. The molecule has 3 aliphatic rings. The van der Waals surface area contributed by atoms with Crippen LogP contribution in [-0.2, 0) is 30.4 Å². The first-order valence-corrected chi connectivity index (χ1v) is 14.1. The number of hydrogen-bond acceptors (Lipinski definition) is 12. The van der Waals surface area contributed by atoms with Gasteiger partial charge in [-0.05, 0) is 55.3 Å². The van der Waals surface area contributed by atoms with E-state index in [2.05, 4.69) is 10.5 Å². The number of nitrogens with two attached hydrogens (primary N) is 1. The van der Waals surface area contributed by atoms with Crippen molar-refractivity contribution in [1.82, 2.24) is 5.32 Å². The number of anilines is 1. The third-order valence-corrected chi connectivity index (χ3v) is 7.78. The molecular formula is C30H36FN3O10. The second kappa shape index (κ2) is 13.6. The topological polar surface area (TPSA) is 195 Å². The van der Waals surface area contributed by atoms with Crippen molar-refractivity contribution in [2.45, 2.75) is 81.9 Å². The number of aliphatic hydroxyl groups excluding tert-OH is 4. The molecule has 13 nitrogen and oxygen atoms in total. The first-order chi connectivity index (χ1) is 21.0. The van der Waals surface area contributed by atoms with Gasteiger partial charge >= 0.3 is 0 Å². The number of amides is 1. The van der Waals surface area contributed by atoms with E-state index in [-0.39, 0.29) is 36.9 Å². The Labute approximate surface area is 252 Å². The van der Waals surface area contributed by atoms with Crippen LogP contribution < -0.4 is 15.8 Å². The molecular weight excluding hydrogens is 581 g/mol. The van der Waals surface area contributed by atoms with Gasteiger partial charge in [0, 0.05) is 12.0 Å². The van der Waals surface area contributed by atoms with Gasteiger partial charge in [-0.3, -0.25) is 4.79 Å². The van der Waals surface area contributed by atoms with Gasteiger partial charge in [-0.1, -0.05) is 23.4 Å². The lowest BCUT2D eigenvalue weighted by Gasteiger charge is -2.41. The van der Waals surface area contributed by atoms with Gasteiger partial charge in [-0.15, -0.1) is 0 Å². The van der Waals surface area contributed by atoms with Crippen molar-refractivity contribution in [2.24, 2.45) is 5.16 Å². The van der Waals surface area contributed by atoms with E-state index in [9.17, 15) is 29.6 Å². The third kappa shape index (κ3) is 7.02. The van der Waals surface area contributed by atoms with E-state index in [1.54, 1.807) is 50.3 Å². The van der Waals surface area contributed by atoms with Crippen LogP contribution in [-0.4, -0.2) is 93.9 Å². The number of hydrogen-bond donors (Lipinski definition) is 6. The average Bonchev–Trinajstić information content (AvgIpc) is 3.63. The minimum absolute atomic E-state index is 0.123. The molecule has 238 valence electrons. The molecule has 9 atom stereocenters. The fraction of sp³-hybridized carbons (Fsp3) is 0.467. The molecule has 0 radical (unpaired) electrons. The van der Waals surface area contributed by atoms with E-state index < -0.39 is 61.0 Å². The molecule has 1 amide bonds. The Morgan fingerprint density at radius 1 is 1.07 bits per heavy atom. The molecule has 0 spiro atoms. The number of nitrogens with zero attached hydrogens (tertiary/aromatic N) is 1. The summed E-state index contributed by atoms with van der Waals surface area (Å²) in [7, 11) is 0. The molecule has 3 fully saturated rings. The Morgan fingerprint density at radius 3 is 2.48 bits per heavy atom. The second-order valence-corrected chi connectivity index (χ2v) is 11.0. The monoisotopic (exact) mass is 617 g/mol. The maximum Gasteiger partial charge on any atom is 0.247 e. The highest BCUT2D eigenvalue weighted by Gasteiger charge is 2.53. The molecule has 1 aliphatic carbocycles. The number of carbonyl (C=O) groups excluding carboxylic acids is 1. The minimum atomic E-state index is -1.46. The normalized spacial score (nSPS) is 32.3. The molecule has 14 heteroatoms. The number of nitrogen functional groups attached to an aromatic ring is 1. The Kier molecular flexibility index (Phi) is 9.80. The van der Waals surface area contributed by atoms with Gasteiger partial charge in [-0.2, -0.15) is 0 Å². The first kappa shape index (κ1) is 31.8. The summed E-state index contributed by atoms with van der Waals surface area (Å²) >= 11 is 0.